The number of carbonyl (C=O) groups is 1. The normalized spacial score (nSPS) is 11.0. The van der Waals surface area contributed by atoms with Gasteiger partial charge in [0.15, 0.2) is 0 Å². The van der Waals surface area contributed by atoms with E-state index in [1.54, 1.807) is 37.4 Å². The molecule has 1 amide bonds. The Morgan fingerprint density at radius 1 is 1.17 bits per heavy atom. The zero-order chi connectivity index (χ0) is 21.7. The summed E-state index contributed by atoms with van der Waals surface area (Å²) in [4.78, 5) is 16.9. The minimum absolute atomic E-state index is 0.0224. The van der Waals surface area contributed by atoms with Crippen molar-refractivity contribution >= 4 is 22.9 Å². The van der Waals surface area contributed by atoms with E-state index in [9.17, 15) is 13.6 Å². The van der Waals surface area contributed by atoms with E-state index >= 15 is 0 Å². The van der Waals surface area contributed by atoms with Crippen LogP contribution in [0.25, 0.3) is 11.1 Å². The average molecular weight is 432 g/mol. The highest BCUT2D eigenvalue weighted by Crippen LogP contribution is 2.34. The van der Waals surface area contributed by atoms with Crippen molar-refractivity contribution in [2.24, 2.45) is 0 Å². The Bertz CT molecular complexity index is 1000. The molecule has 2 aromatic carbocycles. The van der Waals surface area contributed by atoms with Crippen LogP contribution in [0, 0.1) is 0 Å². The van der Waals surface area contributed by atoms with Gasteiger partial charge in [0, 0.05) is 22.5 Å². The van der Waals surface area contributed by atoms with Crippen molar-refractivity contribution in [2.45, 2.75) is 32.8 Å². The lowest BCUT2D eigenvalue weighted by Crippen LogP contribution is -2.15. The minimum atomic E-state index is -2.96. The standard InChI is InChI=1S/C22H22F2N2O3S/c1-13(2)21-26-16(12-30-21)11-20(27)25-15-6-9-19(29-22(23)24)18(10-15)14-4-7-17(28-3)8-5-14/h4-10,12-13,22H,11H2,1-3H3,(H,25,27). The van der Waals surface area contributed by atoms with Gasteiger partial charge < -0.3 is 14.8 Å². The van der Waals surface area contributed by atoms with Crippen LogP contribution in [0.4, 0.5) is 14.5 Å². The quantitative estimate of drug-likeness (QED) is 0.494. The zero-order valence-electron chi connectivity index (χ0n) is 16.8. The number of hydrogen-bond donors (Lipinski definition) is 1. The van der Waals surface area contributed by atoms with E-state index in [1.165, 1.54) is 23.5 Å². The maximum Gasteiger partial charge on any atom is 0.387 e. The van der Waals surface area contributed by atoms with Crippen molar-refractivity contribution in [1.29, 1.82) is 0 Å². The van der Waals surface area contributed by atoms with Gasteiger partial charge in [0.05, 0.1) is 24.2 Å². The molecule has 0 radical (unpaired) electrons. The van der Waals surface area contributed by atoms with Crippen LogP contribution in [0.3, 0.4) is 0 Å². The molecule has 158 valence electrons. The summed E-state index contributed by atoms with van der Waals surface area (Å²) in [5.41, 5.74) is 2.27. The fourth-order valence-electron chi connectivity index (χ4n) is 2.84. The number of nitrogens with one attached hydrogen (secondary N) is 1. The van der Waals surface area contributed by atoms with Crippen molar-refractivity contribution in [1.82, 2.24) is 4.98 Å². The molecule has 0 bridgehead atoms. The zero-order valence-corrected chi connectivity index (χ0v) is 17.6. The number of anilines is 1. The van der Waals surface area contributed by atoms with Crippen LogP contribution in [0.2, 0.25) is 0 Å². The number of benzene rings is 2. The molecule has 3 aromatic rings. The first kappa shape index (κ1) is 21.7. The van der Waals surface area contributed by atoms with Gasteiger partial charge in [0.25, 0.3) is 0 Å². The molecule has 1 heterocycles. The molecule has 30 heavy (non-hydrogen) atoms. The van der Waals surface area contributed by atoms with Gasteiger partial charge in [-0.15, -0.1) is 11.3 Å². The number of methoxy groups -OCH3 is 1. The molecule has 0 aliphatic carbocycles. The van der Waals surface area contributed by atoms with Crippen LogP contribution < -0.4 is 14.8 Å². The van der Waals surface area contributed by atoms with Gasteiger partial charge in [0.2, 0.25) is 5.91 Å². The molecule has 1 aromatic heterocycles. The first-order valence-corrected chi connectivity index (χ1v) is 10.2. The van der Waals surface area contributed by atoms with Gasteiger partial charge in [-0.3, -0.25) is 4.79 Å². The summed E-state index contributed by atoms with van der Waals surface area (Å²) in [6.45, 7) is 1.14. The molecule has 8 heteroatoms. The molecule has 3 rings (SSSR count). The molecule has 0 fully saturated rings. The number of rotatable bonds is 8. The van der Waals surface area contributed by atoms with E-state index in [1.807, 2.05) is 19.2 Å². The third kappa shape index (κ3) is 5.54. The van der Waals surface area contributed by atoms with Crippen LogP contribution in [-0.4, -0.2) is 24.6 Å². The summed E-state index contributed by atoms with van der Waals surface area (Å²) in [5.74, 6) is 0.734. The number of hydrogen-bond acceptors (Lipinski definition) is 5. The highest BCUT2D eigenvalue weighted by atomic mass is 32.1. The number of halogens is 2. The molecular formula is C22H22F2N2O3S. The fraction of sp³-hybridized carbons (Fsp3) is 0.273. The third-order valence-electron chi connectivity index (χ3n) is 4.29. The Morgan fingerprint density at radius 2 is 1.90 bits per heavy atom. The van der Waals surface area contributed by atoms with Crippen LogP contribution in [0.5, 0.6) is 11.5 Å². The molecule has 0 spiro atoms. The van der Waals surface area contributed by atoms with Crippen molar-refractivity contribution in [3.63, 3.8) is 0 Å². The van der Waals surface area contributed by atoms with Crippen molar-refractivity contribution < 1.29 is 23.0 Å². The van der Waals surface area contributed by atoms with Crippen molar-refractivity contribution in [3.05, 3.63) is 58.5 Å². The second kappa shape index (κ2) is 9.67. The summed E-state index contributed by atoms with van der Waals surface area (Å²) in [6, 6.07) is 11.5. The smallest absolute Gasteiger partial charge is 0.387 e. The molecule has 1 N–H and O–H groups in total. The topological polar surface area (TPSA) is 60.5 Å². The number of alkyl halides is 2. The lowest BCUT2D eigenvalue weighted by molar-refractivity contribution is -0.115. The largest absolute Gasteiger partial charge is 0.497 e. The van der Waals surface area contributed by atoms with Crippen molar-refractivity contribution in [3.8, 4) is 22.6 Å². The minimum Gasteiger partial charge on any atom is -0.497 e. The van der Waals surface area contributed by atoms with Gasteiger partial charge in [-0.25, -0.2) is 4.98 Å². The van der Waals surface area contributed by atoms with E-state index < -0.39 is 6.61 Å². The highest BCUT2D eigenvalue weighted by Gasteiger charge is 2.15. The molecule has 5 nitrogen and oxygen atoms in total. The van der Waals surface area contributed by atoms with Gasteiger partial charge in [-0.1, -0.05) is 26.0 Å². The fourth-order valence-corrected chi connectivity index (χ4v) is 3.68. The van der Waals surface area contributed by atoms with E-state index in [4.69, 9.17) is 4.74 Å². The van der Waals surface area contributed by atoms with Crippen LogP contribution in [0.1, 0.15) is 30.5 Å². The van der Waals surface area contributed by atoms with E-state index in [0.29, 0.717) is 34.2 Å². The Hall–Kier alpha value is -3.00. The number of ether oxygens (including phenoxy) is 2. The summed E-state index contributed by atoms with van der Waals surface area (Å²) < 4.78 is 35.4. The van der Waals surface area contributed by atoms with E-state index in [0.717, 1.165) is 5.01 Å². The molecule has 0 saturated carbocycles. The monoisotopic (exact) mass is 432 g/mol. The van der Waals surface area contributed by atoms with Crippen molar-refractivity contribution in [2.75, 3.05) is 12.4 Å². The number of thiazole rings is 1. The molecule has 0 aliphatic heterocycles. The summed E-state index contributed by atoms with van der Waals surface area (Å²) >= 11 is 1.53. The average Bonchev–Trinajstić information content (AvgIpc) is 3.17. The molecular weight excluding hydrogens is 410 g/mol. The van der Waals surface area contributed by atoms with E-state index in [-0.39, 0.29) is 18.1 Å². The lowest BCUT2D eigenvalue weighted by atomic mass is 10.0. The van der Waals surface area contributed by atoms with Gasteiger partial charge in [0.1, 0.15) is 11.5 Å². The Balaban J connectivity index is 1.81. The number of amides is 1. The molecule has 0 unspecified atom stereocenters. The molecule has 0 saturated heterocycles. The second-order valence-corrected chi connectivity index (χ2v) is 7.76. The van der Waals surface area contributed by atoms with E-state index in [2.05, 4.69) is 15.0 Å². The molecule has 0 atom stereocenters. The van der Waals surface area contributed by atoms with Gasteiger partial charge >= 0.3 is 6.61 Å². The first-order chi connectivity index (χ1) is 14.4. The number of carbonyl (C=O) groups excluding carboxylic acids is 1. The third-order valence-corrected chi connectivity index (χ3v) is 5.48. The molecule has 0 aliphatic rings. The summed E-state index contributed by atoms with van der Waals surface area (Å²) in [5, 5.41) is 5.65. The Kier molecular flexibility index (Phi) is 6.99. The summed E-state index contributed by atoms with van der Waals surface area (Å²) in [7, 11) is 1.54. The predicted octanol–water partition coefficient (Wildman–Crippen LogP) is 5.72. The van der Waals surface area contributed by atoms with Crippen LogP contribution in [0.15, 0.2) is 47.8 Å². The SMILES string of the molecule is COc1ccc(-c2cc(NC(=O)Cc3csc(C(C)C)n3)ccc2OC(F)F)cc1. The lowest BCUT2D eigenvalue weighted by Gasteiger charge is -2.14. The van der Waals surface area contributed by atoms with Crippen LogP contribution >= 0.6 is 11.3 Å². The predicted molar refractivity (Wildman–Crippen MR) is 114 cm³/mol. The number of nitrogens with zero attached hydrogens (tertiary/aromatic N) is 1. The van der Waals surface area contributed by atoms with Crippen LogP contribution in [-0.2, 0) is 11.2 Å². The van der Waals surface area contributed by atoms with Gasteiger partial charge in [-0.2, -0.15) is 8.78 Å². The van der Waals surface area contributed by atoms with Gasteiger partial charge in [-0.05, 0) is 35.9 Å². The maximum absolute atomic E-state index is 12.8. The Morgan fingerprint density at radius 3 is 2.50 bits per heavy atom. The number of aromatic nitrogens is 1. The maximum atomic E-state index is 12.8. The Labute approximate surface area is 177 Å². The highest BCUT2D eigenvalue weighted by molar-refractivity contribution is 7.09. The summed E-state index contributed by atoms with van der Waals surface area (Å²) in [6.07, 6.45) is 0.135. The first-order valence-electron chi connectivity index (χ1n) is 9.33. The second-order valence-electron chi connectivity index (χ2n) is 6.87.